The Labute approximate surface area is 193 Å². The number of aromatic nitrogens is 2. The van der Waals surface area contributed by atoms with Gasteiger partial charge in [-0.25, -0.2) is 13.1 Å². The maximum absolute atomic E-state index is 13.4. The van der Waals surface area contributed by atoms with Crippen LogP contribution in [0.3, 0.4) is 0 Å². The molecule has 0 bridgehead atoms. The Hall–Kier alpha value is -3.33. The molecule has 1 heterocycles. The van der Waals surface area contributed by atoms with Crippen LogP contribution in [-0.2, 0) is 15.4 Å². The lowest BCUT2D eigenvalue weighted by molar-refractivity contribution is 0.103. The average Bonchev–Trinajstić information content (AvgIpc) is 3.13. The van der Waals surface area contributed by atoms with Crippen LogP contribution in [0.5, 0.6) is 11.5 Å². The molecule has 1 aromatic heterocycles. The van der Waals surface area contributed by atoms with Gasteiger partial charge in [-0.15, -0.1) is 0 Å². The molecular formula is C24H28N2O6S. The molecule has 0 aliphatic heterocycles. The van der Waals surface area contributed by atoms with Crippen LogP contribution >= 0.6 is 0 Å². The number of carbonyl (C=O) groups is 1. The molecule has 0 saturated carbocycles. The number of sulfone groups is 1. The van der Waals surface area contributed by atoms with Crippen molar-refractivity contribution in [1.82, 2.24) is 9.78 Å². The largest absolute Gasteiger partial charge is 0.493 e. The highest BCUT2D eigenvalue weighted by Crippen LogP contribution is 2.38. The van der Waals surface area contributed by atoms with Crippen molar-refractivity contribution in [1.29, 1.82) is 0 Å². The van der Waals surface area contributed by atoms with Crippen molar-refractivity contribution in [2.45, 2.75) is 38.1 Å². The number of aromatic amines is 1. The summed E-state index contributed by atoms with van der Waals surface area (Å²) in [4.78, 5) is 26.3. The van der Waals surface area contributed by atoms with Gasteiger partial charge in [0.25, 0.3) is 5.56 Å². The van der Waals surface area contributed by atoms with Gasteiger partial charge in [0.15, 0.2) is 27.1 Å². The van der Waals surface area contributed by atoms with Gasteiger partial charge in [-0.1, -0.05) is 6.07 Å². The summed E-state index contributed by atoms with van der Waals surface area (Å²) >= 11 is 0. The van der Waals surface area contributed by atoms with E-state index >= 15 is 0 Å². The minimum atomic E-state index is -3.63. The Bertz CT molecular complexity index is 1390. The summed E-state index contributed by atoms with van der Waals surface area (Å²) in [6, 6.07) is 7.88. The third-order valence-electron chi connectivity index (χ3n) is 5.43. The number of rotatable bonds is 6. The molecule has 0 fully saturated rings. The summed E-state index contributed by atoms with van der Waals surface area (Å²) in [6.45, 7) is 7.21. The van der Waals surface area contributed by atoms with Crippen molar-refractivity contribution in [2.75, 3.05) is 20.5 Å². The van der Waals surface area contributed by atoms with E-state index in [2.05, 4.69) is 5.10 Å². The first-order valence-electron chi connectivity index (χ1n) is 10.2. The maximum atomic E-state index is 13.4. The van der Waals surface area contributed by atoms with E-state index in [0.717, 1.165) is 6.26 Å². The molecule has 2 aromatic carbocycles. The first-order chi connectivity index (χ1) is 15.3. The Kier molecular flexibility index (Phi) is 6.30. The highest BCUT2D eigenvalue weighted by atomic mass is 32.2. The van der Waals surface area contributed by atoms with Gasteiger partial charge in [0.2, 0.25) is 0 Å². The Morgan fingerprint density at radius 3 is 2.15 bits per heavy atom. The van der Waals surface area contributed by atoms with Crippen LogP contribution in [0, 0.1) is 6.92 Å². The lowest BCUT2D eigenvalue weighted by Gasteiger charge is -2.19. The molecule has 0 amide bonds. The number of ether oxygens (including phenoxy) is 2. The average molecular weight is 473 g/mol. The van der Waals surface area contributed by atoms with Crippen LogP contribution in [0.15, 0.2) is 46.2 Å². The molecule has 0 aliphatic rings. The number of H-pyrrole nitrogens is 1. The fraction of sp³-hybridized carbons (Fsp3) is 0.333. The first kappa shape index (κ1) is 24.3. The molecule has 3 aromatic rings. The van der Waals surface area contributed by atoms with E-state index < -0.39 is 26.7 Å². The van der Waals surface area contributed by atoms with Gasteiger partial charge < -0.3 is 14.6 Å². The number of nitrogens with one attached hydrogen (secondary N) is 1. The van der Waals surface area contributed by atoms with Crippen molar-refractivity contribution in [3.8, 4) is 22.6 Å². The molecule has 176 valence electrons. The van der Waals surface area contributed by atoms with Crippen LogP contribution in [0.2, 0.25) is 0 Å². The molecule has 8 nitrogen and oxygen atoms in total. The van der Waals surface area contributed by atoms with Crippen LogP contribution in [-0.4, -0.2) is 44.5 Å². The highest BCUT2D eigenvalue weighted by molar-refractivity contribution is 7.90. The summed E-state index contributed by atoms with van der Waals surface area (Å²) in [6.07, 6.45) is 2.50. The van der Waals surface area contributed by atoms with Crippen LogP contribution in [0.4, 0.5) is 0 Å². The van der Waals surface area contributed by atoms with Crippen LogP contribution in [0.1, 0.15) is 42.3 Å². The molecule has 3 rings (SSSR count). The molecular weight excluding hydrogens is 444 g/mol. The summed E-state index contributed by atoms with van der Waals surface area (Å²) in [5.74, 6) is 0.421. The van der Waals surface area contributed by atoms with E-state index in [1.807, 2.05) is 20.8 Å². The molecule has 0 spiro atoms. The number of methoxy groups -OCH3 is 2. The minimum absolute atomic E-state index is 0.0154. The predicted octanol–water partition coefficient (Wildman–Crippen LogP) is 3.56. The van der Waals surface area contributed by atoms with Gasteiger partial charge in [-0.3, -0.25) is 9.59 Å². The standard InChI is InChI=1S/C24H28N2O6S/c1-14-16(22(27)17-13-25-26(23(17)28)24(2,3)4)9-11-20(33(7,29)30)21(14)15-8-10-18(31-5)19(12-15)32-6/h8-13,25H,1-7H3. The minimum Gasteiger partial charge on any atom is -0.493 e. The normalized spacial score (nSPS) is 12.0. The van der Waals surface area contributed by atoms with E-state index in [4.69, 9.17) is 9.47 Å². The van der Waals surface area contributed by atoms with Crippen molar-refractivity contribution in [2.24, 2.45) is 0 Å². The Morgan fingerprint density at radius 2 is 1.64 bits per heavy atom. The number of nitrogens with zero attached hydrogens (tertiary/aromatic N) is 1. The second kappa shape index (κ2) is 8.55. The molecule has 1 N–H and O–H groups in total. The fourth-order valence-electron chi connectivity index (χ4n) is 3.77. The van der Waals surface area contributed by atoms with E-state index in [1.54, 1.807) is 25.1 Å². The Morgan fingerprint density at radius 1 is 1.00 bits per heavy atom. The number of hydrogen-bond donors (Lipinski definition) is 1. The topological polar surface area (TPSA) is 107 Å². The van der Waals surface area contributed by atoms with E-state index in [-0.39, 0.29) is 16.0 Å². The van der Waals surface area contributed by atoms with Crippen molar-refractivity contribution in [3.63, 3.8) is 0 Å². The smallest absolute Gasteiger partial charge is 0.278 e. The van der Waals surface area contributed by atoms with Gasteiger partial charge in [0.05, 0.1) is 24.7 Å². The van der Waals surface area contributed by atoms with Crippen molar-refractivity contribution < 1.29 is 22.7 Å². The number of benzene rings is 2. The van der Waals surface area contributed by atoms with E-state index in [0.29, 0.717) is 28.2 Å². The second-order valence-corrected chi connectivity index (χ2v) is 10.8. The summed E-state index contributed by atoms with van der Waals surface area (Å²) in [5, 5.41) is 2.85. The van der Waals surface area contributed by atoms with E-state index in [1.165, 1.54) is 37.2 Å². The number of ketones is 1. The maximum Gasteiger partial charge on any atom is 0.278 e. The lowest BCUT2D eigenvalue weighted by atomic mass is 9.92. The van der Waals surface area contributed by atoms with E-state index in [9.17, 15) is 18.0 Å². The predicted molar refractivity (Wildman–Crippen MR) is 126 cm³/mol. The summed E-state index contributed by atoms with van der Waals surface area (Å²) in [5.41, 5.74) is 0.611. The lowest BCUT2D eigenvalue weighted by Crippen LogP contribution is -2.34. The quantitative estimate of drug-likeness (QED) is 0.550. The first-order valence-corrected chi connectivity index (χ1v) is 12.1. The summed E-state index contributed by atoms with van der Waals surface area (Å²) in [7, 11) is -0.636. The zero-order valence-corrected chi connectivity index (χ0v) is 20.6. The van der Waals surface area contributed by atoms with Gasteiger partial charge >= 0.3 is 0 Å². The Balaban J connectivity index is 2.27. The monoisotopic (exact) mass is 472 g/mol. The SMILES string of the molecule is COc1ccc(-c2c(S(C)(=O)=O)ccc(C(=O)c3c[nH]n(C(C)(C)C)c3=O)c2C)cc1OC. The molecule has 0 aliphatic carbocycles. The highest BCUT2D eigenvalue weighted by Gasteiger charge is 2.26. The van der Waals surface area contributed by atoms with Gasteiger partial charge in [0, 0.05) is 23.6 Å². The van der Waals surface area contributed by atoms with Gasteiger partial charge in [0.1, 0.15) is 5.56 Å². The number of carbonyl (C=O) groups excluding carboxylic acids is 1. The molecule has 0 radical (unpaired) electrons. The fourth-order valence-corrected chi connectivity index (χ4v) is 4.73. The number of hydrogen-bond acceptors (Lipinski definition) is 6. The van der Waals surface area contributed by atoms with Crippen LogP contribution < -0.4 is 15.0 Å². The molecule has 33 heavy (non-hydrogen) atoms. The third kappa shape index (κ3) is 4.45. The van der Waals surface area contributed by atoms with Crippen molar-refractivity contribution >= 4 is 15.6 Å². The molecule has 9 heteroatoms. The van der Waals surface area contributed by atoms with Crippen LogP contribution in [0.25, 0.3) is 11.1 Å². The molecule has 0 saturated heterocycles. The third-order valence-corrected chi connectivity index (χ3v) is 6.57. The zero-order chi connectivity index (χ0) is 24.7. The van der Waals surface area contributed by atoms with Gasteiger partial charge in [-0.2, -0.15) is 0 Å². The summed E-state index contributed by atoms with van der Waals surface area (Å²) < 4.78 is 37.2. The van der Waals surface area contributed by atoms with Gasteiger partial charge in [-0.05, 0) is 63.1 Å². The zero-order valence-electron chi connectivity index (χ0n) is 19.8. The van der Waals surface area contributed by atoms with Crippen molar-refractivity contribution in [3.05, 3.63) is 63.6 Å². The molecule has 0 unspecified atom stereocenters. The molecule has 0 atom stereocenters. The second-order valence-electron chi connectivity index (χ2n) is 8.78.